The first-order valence-corrected chi connectivity index (χ1v) is 11.4. The average Bonchev–Trinajstić information content (AvgIpc) is 2.85. The second kappa shape index (κ2) is 9.14. The van der Waals surface area contributed by atoms with E-state index in [0.29, 0.717) is 17.1 Å². The van der Waals surface area contributed by atoms with Crippen LogP contribution in [-0.2, 0) is 0 Å². The third-order valence-corrected chi connectivity index (χ3v) is 6.66. The maximum absolute atomic E-state index is 12.1. The first-order chi connectivity index (χ1) is 16.1. The van der Waals surface area contributed by atoms with E-state index >= 15 is 0 Å². The van der Waals surface area contributed by atoms with Gasteiger partial charge < -0.3 is 14.8 Å². The van der Waals surface area contributed by atoms with Crippen molar-refractivity contribution in [2.24, 2.45) is 5.92 Å². The van der Waals surface area contributed by atoms with Crippen molar-refractivity contribution in [1.29, 1.82) is 0 Å². The summed E-state index contributed by atoms with van der Waals surface area (Å²) >= 11 is 0. The van der Waals surface area contributed by atoms with Crippen molar-refractivity contribution < 1.29 is 4.92 Å². The quantitative estimate of drug-likeness (QED) is 0.466. The second-order valence-electron chi connectivity index (χ2n) is 8.78. The Morgan fingerprint density at radius 3 is 2.70 bits per heavy atom. The minimum atomic E-state index is -0.401. The van der Waals surface area contributed by atoms with Crippen LogP contribution in [-0.4, -0.2) is 70.6 Å². The van der Waals surface area contributed by atoms with Crippen molar-refractivity contribution in [2.75, 3.05) is 55.6 Å². The maximum atomic E-state index is 12.1. The average molecular weight is 450 g/mol. The summed E-state index contributed by atoms with van der Waals surface area (Å²) in [6, 6.07) is 9.05. The van der Waals surface area contributed by atoms with Crippen LogP contribution in [0.15, 0.2) is 47.7 Å². The summed E-state index contributed by atoms with van der Waals surface area (Å²) in [5.74, 6) is 1.46. The number of aromatic nitrogens is 3. The van der Waals surface area contributed by atoms with Crippen molar-refractivity contribution in [3.63, 3.8) is 0 Å². The highest BCUT2D eigenvalue weighted by Crippen LogP contribution is 2.34. The summed E-state index contributed by atoms with van der Waals surface area (Å²) in [6.45, 7) is 6.36. The number of hydrogen-bond donors (Lipinski definition) is 1. The first-order valence-electron chi connectivity index (χ1n) is 11.4. The molecule has 2 aromatic heterocycles. The molecule has 1 atom stereocenters. The van der Waals surface area contributed by atoms with Gasteiger partial charge in [-0.1, -0.05) is 6.07 Å². The molecule has 0 aliphatic carbocycles. The highest BCUT2D eigenvalue weighted by molar-refractivity contribution is 5.87. The molecular weight excluding hydrogens is 422 g/mol. The molecule has 10 nitrogen and oxygen atoms in total. The molecule has 0 radical (unpaired) electrons. The number of anilines is 2. The van der Waals surface area contributed by atoms with Gasteiger partial charge in [-0.3, -0.25) is 19.8 Å². The van der Waals surface area contributed by atoms with Crippen LogP contribution in [0.1, 0.15) is 12.8 Å². The lowest BCUT2D eigenvalue weighted by Gasteiger charge is -2.40. The number of nitrogens with zero attached hydrogens (tertiary/aromatic N) is 6. The SMILES string of the molecule is O=c1[nH]cnc2cc(N3CCCC(CN4CCN(c5ccccn5)CC4)C3)c([N+](=O)[O-])cc12. The monoisotopic (exact) mass is 449 g/mol. The molecule has 2 aliphatic heterocycles. The Labute approximate surface area is 191 Å². The molecule has 0 spiro atoms. The number of hydrogen-bond acceptors (Lipinski definition) is 8. The highest BCUT2D eigenvalue weighted by atomic mass is 16.6. The minimum absolute atomic E-state index is 0.0365. The number of H-pyrrole nitrogens is 1. The normalized spacial score (nSPS) is 19.7. The van der Waals surface area contributed by atoms with Crippen molar-refractivity contribution in [3.8, 4) is 0 Å². The smallest absolute Gasteiger partial charge is 0.293 e. The van der Waals surface area contributed by atoms with Gasteiger partial charge >= 0.3 is 0 Å². The molecule has 2 aliphatic rings. The van der Waals surface area contributed by atoms with Gasteiger partial charge in [-0.05, 0) is 37.0 Å². The Morgan fingerprint density at radius 2 is 1.94 bits per heavy atom. The number of aromatic amines is 1. The fraction of sp³-hybridized carbons (Fsp3) is 0.435. The molecular formula is C23H27N7O3. The summed E-state index contributed by atoms with van der Waals surface area (Å²) in [5.41, 5.74) is 0.629. The number of rotatable bonds is 5. The Morgan fingerprint density at radius 1 is 1.09 bits per heavy atom. The van der Waals surface area contributed by atoms with E-state index in [1.165, 1.54) is 12.4 Å². The molecule has 33 heavy (non-hydrogen) atoms. The number of piperazine rings is 1. The third kappa shape index (κ3) is 4.51. The zero-order valence-corrected chi connectivity index (χ0v) is 18.4. The Bertz CT molecular complexity index is 1190. The maximum Gasteiger partial charge on any atom is 0.293 e. The van der Waals surface area contributed by atoms with Crippen molar-refractivity contribution >= 4 is 28.1 Å². The van der Waals surface area contributed by atoms with Crippen LogP contribution >= 0.6 is 0 Å². The number of nitro groups is 1. The summed E-state index contributed by atoms with van der Waals surface area (Å²) < 4.78 is 0. The molecule has 2 saturated heterocycles. The summed E-state index contributed by atoms with van der Waals surface area (Å²) in [6.07, 6.45) is 5.26. The van der Waals surface area contributed by atoms with E-state index in [4.69, 9.17) is 0 Å². The molecule has 0 amide bonds. The predicted molar refractivity (Wildman–Crippen MR) is 127 cm³/mol. The standard InChI is InChI=1S/C23H27N7O3/c31-23-18-12-21(30(32)33)20(13-19(18)25-16-26-23)29-7-3-4-17(15-29)14-27-8-10-28(11-9-27)22-5-1-2-6-24-22/h1-2,5-6,12-13,16-17H,3-4,7-11,14-15H2,(H,25,26,31). The van der Waals surface area contributed by atoms with E-state index in [0.717, 1.165) is 64.5 Å². The molecule has 3 aromatic rings. The lowest BCUT2D eigenvalue weighted by Crippen LogP contribution is -2.50. The van der Waals surface area contributed by atoms with Crippen LogP contribution in [0.5, 0.6) is 0 Å². The van der Waals surface area contributed by atoms with Crippen LogP contribution in [0.25, 0.3) is 10.9 Å². The van der Waals surface area contributed by atoms with Crippen LogP contribution in [0.4, 0.5) is 17.2 Å². The van der Waals surface area contributed by atoms with Gasteiger partial charge in [0.15, 0.2) is 0 Å². The molecule has 0 saturated carbocycles. The Hall–Kier alpha value is -3.53. The Kier molecular flexibility index (Phi) is 5.91. The van der Waals surface area contributed by atoms with E-state index in [1.54, 1.807) is 6.07 Å². The summed E-state index contributed by atoms with van der Waals surface area (Å²) in [7, 11) is 0. The first kappa shape index (κ1) is 21.3. The van der Waals surface area contributed by atoms with Gasteiger partial charge in [-0.2, -0.15) is 0 Å². The second-order valence-corrected chi connectivity index (χ2v) is 8.78. The number of pyridine rings is 1. The molecule has 1 N–H and O–H groups in total. The van der Waals surface area contributed by atoms with Crippen molar-refractivity contribution in [3.05, 3.63) is 63.3 Å². The van der Waals surface area contributed by atoms with Gasteiger partial charge in [0.1, 0.15) is 11.5 Å². The van der Waals surface area contributed by atoms with Gasteiger partial charge in [0.2, 0.25) is 0 Å². The lowest BCUT2D eigenvalue weighted by molar-refractivity contribution is -0.384. The van der Waals surface area contributed by atoms with Gasteiger partial charge in [0.25, 0.3) is 11.2 Å². The third-order valence-electron chi connectivity index (χ3n) is 6.66. The zero-order chi connectivity index (χ0) is 22.8. The highest BCUT2D eigenvalue weighted by Gasteiger charge is 2.29. The number of nitro benzene ring substituents is 1. The van der Waals surface area contributed by atoms with E-state index in [9.17, 15) is 14.9 Å². The van der Waals surface area contributed by atoms with Gasteiger partial charge in [0.05, 0.1) is 22.2 Å². The van der Waals surface area contributed by atoms with E-state index < -0.39 is 4.92 Å². The summed E-state index contributed by atoms with van der Waals surface area (Å²) in [4.78, 5) is 41.5. The molecule has 0 bridgehead atoms. The van der Waals surface area contributed by atoms with Crippen LogP contribution in [0.2, 0.25) is 0 Å². The van der Waals surface area contributed by atoms with E-state index in [-0.39, 0.29) is 16.6 Å². The van der Waals surface area contributed by atoms with Gasteiger partial charge in [-0.15, -0.1) is 0 Å². The molecule has 172 valence electrons. The van der Waals surface area contributed by atoms with Gasteiger partial charge in [-0.25, -0.2) is 9.97 Å². The number of benzene rings is 1. The zero-order valence-electron chi connectivity index (χ0n) is 18.4. The predicted octanol–water partition coefficient (Wildman–Crippen LogP) is 2.26. The van der Waals surface area contributed by atoms with Crippen molar-refractivity contribution in [2.45, 2.75) is 12.8 Å². The lowest BCUT2D eigenvalue weighted by atomic mass is 9.96. The molecule has 2 fully saturated rings. The van der Waals surface area contributed by atoms with E-state index in [1.807, 2.05) is 24.4 Å². The van der Waals surface area contributed by atoms with Crippen LogP contribution in [0.3, 0.4) is 0 Å². The minimum Gasteiger partial charge on any atom is -0.366 e. The Balaban J connectivity index is 1.28. The molecule has 10 heteroatoms. The molecule has 1 unspecified atom stereocenters. The fourth-order valence-electron chi connectivity index (χ4n) is 4.99. The fourth-order valence-corrected chi connectivity index (χ4v) is 4.99. The topological polar surface area (TPSA) is 112 Å². The van der Waals surface area contributed by atoms with E-state index in [2.05, 4.69) is 29.7 Å². The van der Waals surface area contributed by atoms with Crippen LogP contribution < -0.4 is 15.4 Å². The summed E-state index contributed by atoms with van der Waals surface area (Å²) in [5, 5.41) is 12.0. The molecule has 1 aromatic carbocycles. The largest absolute Gasteiger partial charge is 0.366 e. The molecule has 5 rings (SSSR count). The number of fused-ring (bicyclic) bond motifs is 1. The number of nitrogens with one attached hydrogen (secondary N) is 1. The van der Waals surface area contributed by atoms with Crippen LogP contribution in [0, 0.1) is 16.0 Å². The molecule has 4 heterocycles. The van der Waals surface area contributed by atoms with Gasteiger partial charge in [0, 0.05) is 58.1 Å². The number of piperidine rings is 1. The van der Waals surface area contributed by atoms with Crippen molar-refractivity contribution in [1.82, 2.24) is 19.9 Å².